The molecule has 1 aromatic heterocycles. The Hall–Kier alpha value is -0.710. The predicted molar refractivity (Wildman–Crippen MR) is 78.9 cm³/mol. The second kappa shape index (κ2) is 5.51. The molecule has 94 valence electrons. The summed E-state index contributed by atoms with van der Waals surface area (Å²) in [6.45, 7) is 0.912. The third kappa shape index (κ3) is 2.82. The van der Waals surface area contributed by atoms with Crippen molar-refractivity contribution in [1.82, 2.24) is 10.3 Å². The molecule has 1 aliphatic rings. The number of aromatic nitrogens is 1. The highest BCUT2D eigenvalue weighted by molar-refractivity contribution is 9.10. The average Bonchev–Trinajstić information content (AvgIpc) is 2.82. The van der Waals surface area contributed by atoms with Crippen LogP contribution >= 0.6 is 27.3 Å². The van der Waals surface area contributed by atoms with E-state index in [0.717, 1.165) is 16.9 Å². The third-order valence-electron chi connectivity index (χ3n) is 3.50. The largest absolute Gasteiger partial charge is 0.308 e. The van der Waals surface area contributed by atoms with E-state index in [4.69, 9.17) is 0 Å². The van der Waals surface area contributed by atoms with E-state index >= 15 is 0 Å². The number of benzene rings is 1. The Kier molecular flexibility index (Phi) is 3.77. The molecule has 0 saturated heterocycles. The average molecular weight is 323 g/mol. The van der Waals surface area contributed by atoms with Gasteiger partial charge in [-0.15, -0.1) is 11.3 Å². The van der Waals surface area contributed by atoms with Gasteiger partial charge in [0.05, 0.1) is 0 Å². The lowest BCUT2D eigenvalue weighted by Crippen LogP contribution is -2.39. The molecule has 0 bridgehead atoms. The summed E-state index contributed by atoms with van der Waals surface area (Å²) in [5, 5.41) is 6.78. The van der Waals surface area contributed by atoms with Crippen molar-refractivity contribution in [1.29, 1.82) is 0 Å². The van der Waals surface area contributed by atoms with E-state index in [0.29, 0.717) is 6.04 Å². The molecule has 4 heteroatoms. The summed E-state index contributed by atoms with van der Waals surface area (Å²) < 4.78 is 1.16. The van der Waals surface area contributed by atoms with Crippen LogP contribution in [0.1, 0.15) is 29.3 Å². The summed E-state index contributed by atoms with van der Waals surface area (Å²) in [6.07, 6.45) is 4.35. The SMILES string of the molecule is Brc1ccc(C2CC(NCc3nccs3)C2)cc1. The summed E-state index contributed by atoms with van der Waals surface area (Å²) in [5.41, 5.74) is 1.46. The Balaban J connectivity index is 1.47. The molecule has 18 heavy (non-hydrogen) atoms. The maximum absolute atomic E-state index is 4.28. The van der Waals surface area contributed by atoms with Gasteiger partial charge >= 0.3 is 0 Å². The quantitative estimate of drug-likeness (QED) is 0.922. The van der Waals surface area contributed by atoms with E-state index in [9.17, 15) is 0 Å². The fourth-order valence-corrected chi connectivity index (χ4v) is 3.20. The molecule has 0 atom stereocenters. The minimum atomic E-state index is 0.655. The number of hydrogen-bond acceptors (Lipinski definition) is 3. The van der Waals surface area contributed by atoms with E-state index in [1.54, 1.807) is 11.3 Å². The first-order valence-corrected chi connectivity index (χ1v) is 7.86. The Morgan fingerprint density at radius 1 is 1.28 bits per heavy atom. The number of thiazole rings is 1. The van der Waals surface area contributed by atoms with Gasteiger partial charge in [0, 0.05) is 28.6 Å². The Morgan fingerprint density at radius 2 is 2.06 bits per heavy atom. The van der Waals surface area contributed by atoms with E-state index in [1.807, 2.05) is 11.6 Å². The van der Waals surface area contributed by atoms with Crippen molar-refractivity contribution in [3.05, 3.63) is 50.9 Å². The van der Waals surface area contributed by atoms with Crippen molar-refractivity contribution >= 4 is 27.3 Å². The maximum Gasteiger partial charge on any atom is 0.106 e. The molecule has 0 aliphatic heterocycles. The van der Waals surface area contributed by atoms with Gasteiger partial charge in [-0.25, -0.2) is 4.98 Å². The van der Waals surface area contributed by atoms with Crippen molar-refractivity contribution in [2.45, 2.75) is 31.3 Å². The highest BCUT2D eigenvalue weighted by atomic mass is 79.9. The van der Waals surface area contributed by atoms with Gasteiger partial charge in [-0.05, 0) is 36.5 Å². The molecule has 0 amide bonds. The van der Waals surface area contributed by atoms with Crippen LogP contribution in [-0.4, -0.2) is 11.0 Å². The molecule has 1 saturated carbocycles. The lowest BCUT2D eigenvalue weighted by Gasteiger charge is -2.36. The zero-order valence-corrected chi connectivity index (χ0v) is 12.4. The first-order valence-electron chi connectivity index (χ1n) is 6.18. The number of nitrogens with one attached hydrogen (secondary N) is 1. The molecule has 1 heterocycles. The first-order chi connectivity index (χ1) is 8.81. The summed E-state index contributed by atoms with van der Waals surface area (Å²) in [5.74, 6) is 0.729. The van der Waals surface area contributed by atoms with Crippen LogP contribution in [0.3, 0.4) is 0 Å². The van der Waals surface area contributed by atoms with Gasteiger partial charge in [0.2, 0.25) is 0 Å². The predicted octanol–water partition coefficient (Wildman–Crippen LogP) is 3.94. The summed E-state index contributed by atoms with van der Waals surface area (Å²) in [4.78, 5) is 4.28. The topological polar surface area (TPSA) is 24.9 Å². The van der Waals surface area contributed by atoms with E-state index in [-0.39, 0.29) is 0 Å². The van der Waals surface area contributed by atoms with Gasteiger partial charge in [0.1, 0.15) is 5.01 Å². The normalized spacial score (nSPS) is 22.7. The molecule has 3 rings (SSSR count). The second-order valence-corrected chi connectivity index (χ2v) is 6.62. The zero-order valence-electron chi connectivity index (χ0n) is 9.97. The van der Waals surface area contributed by atoms with Crippen molar-refractivity contribution in [3.63, 3.8) is 0 Å². The van der Waals surface area contributed by atoms with Crippen molar-refractivity contribution < 1.29 is 0 Å². The molecule has 1 fully saturated rings. The monoisotopic (exact) mass is 322 g/mol. The van der Waals surface area contributed by atoms with Gasteiger partial charge in [0.15, 0.2) is 0 Å². The van der Waals surface area contributed by atoms with Crippen LogP contribution in [0.2, 0.25) is 0 Å². The molecule has 1 N–H and O–H groups in total. The standard InChI is InChI=1S/C14H15BrN2S/c15-12-3-1-10(2-4-12)11-7-13(8-11)17-9-14-16-5-6-18-14/h1-6,11,13,17H,7-9H2. The molecule has 2 nitrogen and oxygen atoms in total. The number of halogens is 1. The van der Waals surface area contributed by atoms with Crippen LogP contribution in [0.15, 0.2) is 40.3 Å². The summed E-state index contributed by atoms with van der Waals surface area (Å²) in [7, 11) is 0. The van der Waals surface area contributed by atoms with Gasteiger partial charge in [-0.3, -0.25) is 0 Å². The lowest BCUT2D eigenvalue weighted by molar-refractivity contribution is 0.289. The van der Waals surface area contributed by atoms with Crippen LogP contribution in [0.25, 0.3) is 0 Å². The Bertz CT molecular complexity index is 489. The summed E-state index contributed by atoms with van der Waals surface area (Å²) >= 11 is 5.19. The molecule has 1 aromatic carbocycles. The minimum absolute atomic E-state index is 0.655. The molecule has 1 aliphatic carbocycles. The summed E-state index contributed by atoms with van der Waals surface area (Å²) in [6, 6.07) is 9.37. The third-order valence-corrected chi connectivity index (χ3v) is 4.81. The molecular formula is C14H15BrN2S. The van der Waals surface area contributed by atoms with E-state index in [2.05, 4.69) is 50.5 Å². The highest BCUT2D eigenvalue weighted by Crippen LogP contribution is 2.37. The zero-order chi connectivity index (χ0) is 12.4. The molecule has 0 spiro atoms. The molecule has 0 radical (unpaired) electrons. The Morgan fingerprint density at radius 3 is 2.72 bits per heavy atom. The maximum atomic E-state index is 4.28. The molecule has 0 unspecified atom stereocenters. The smallest absolute Gasteiger partial charge is 0.106 e. The number of nitrogens with zero attached hydrogens (tertiary/aromatic N) is 1. The fraction of sp³-hybridized carbons (Fsp3) is 0.357. The van der Waals surface area contributed by atoms with Crippen molar-refractivity contribution in [2.24, 2.45) is 0 Å². The second-order valence-electron chi connectivity index (χ2n) is 4.72. The van der Waals surface area contributed by atoms with Crippen LogP contribution in [-0.2, 0) is 6.54 Å². The fourth-order valence-electron chi connectivity index (χ4n) is 2.36. The van der Waals surface area contributed by atoms with Gasteiger partial charge in [0.25, 0.3) is 0 Å². The number of hydrogen-bond donors (Lipinski definition) is 1. The lowest BCUT2D eigenvalue weighted by atomic mass is 9.76. The van der Waals surface area contributed by atoms with Gasteiger partial charge in [-0.2, -0.15) is 0 Å². The van der Waals surface area contributed by atoms with Crippen LogP contribution in [0, 0.1) is 0 Å². The van der Waals surface area contributed by atoms with Crippen LogP contribution in [0.5, 0.6) is 0 Å². The van der Waals surface area contributed by atoms with Gasteiger partial charge in [-0.1, -0.05) is 28.1 Å². The van der Waals surface area contributed by atoms with Crippen molar-refractivity contribution in [3.8, 4) is 0 Å². The van der Waals surface area contributed by atoms with Crippen molar-refractivity contribution in [2.75, 3.05) is 0 Å². The first kappa shape index (κ1) is 12.3. The van der Waals surface area contributed by atoms with E-state index in [1.165, 1.54) is 23.4 Å². The van der Waals surface area contributed by atoms with E-state index < -0.39 is 0 Å². The molecular weight excluding hydrogens is 308 g/mol. The van der Waals surface area contributed by atoms with Crippen LogP contribution in [0.4, 0.5) is 0 Å². The number of rotatable bonds is 4. The van der Waals surface area contributed by atoms with Crippen LogP contribution < -0.4 is 5.32 Å². The Labute approximate surface area is 120 Å². The van der Waals surface area contributed by atoms with Gasteiger partial charge < -0.3 is 5.32 Å². The molecule has 2 aromatic rings. The minimum Gasteiger partial charge on any atom is -0.308 e. The highest BCUT2D eigenvalue weighted by Gasteiger charge is 2.29.